The number of anilines is 1. The summed E-state index contributed by atoms with van der Waals surface area (Å²) in [5, 5.41) is 21.5. The van der Waals surface area contributed by atoms with Crippen molar-refractivity contribution >= 4 is 68.9 Å². The van der Waals surface area contributed by atoms with Crippen molar-refractivity contribution in [2.45, 2.75) is 36.1 Å². The number of carbonyl (C=O) groups is 2. The van der Waals surface area contributed by atoms with Crippen molar-refractivity contribution < 1.29 is 28.9 Å². The summed E-state index contributed by atoms with van der Waals surface area (Å²) in [4.78, 5) is 28.9. The Morgan fingerprint density at radius 2 is 1.72 bits per heavy atom. The Morgan fingerprint density at radius 1 is 0.940 bits per heavy atom. The number of rotatable bonds is 13. The van der Waals surface area contributed by atoms with Gasteiger partial charge in [-0.05, 0) is 71.6 Å². The number of ketones is 1. The number of hydrogen-bond donors (Lipinski definition) is 1. The summed E-state index contributed by atoms with van der Waals surface area (Å²) >= 11 is 14.9. The Hall–Kier alpha value is -4.55. The van der Waals surface area contributed by atoms with Gasteiger partial charge in [-0.2, -0.15) is 0 Å². The smallest absolute Gasteiger partial charge is 0.301 e. The number of carbonyl (C=O) groups excluding carboxylic acids is 2. The van der Waals surface area contributed by atoms with Crippen molar-refractivity contribution in [3.63, 3.8) is 0 Å². The molecular formula is C37H31Cl2N3O6S2. The standard InChI is InChI=1S/C37H31Cl2N3O6S2/c1-3-17-47-27-14-10-23(11-15-27)33(43)31-32(24-12-16-29(30(18-24)46-2)48-20-22-7-5-4-6-8-22)42(35(45)34(31)44)36-40-41-37(50-36)49-21-25-9-13-26(38)19-28(25)39/h4-16,18-19,32,43H,3,17,20-21H2,1-2H3/b33-31-. The molecule has 50 heavy (non-hydrogen) atoms. The zero-order valence-corrected chi connectivity index (χ0v) is 30.1. The number of methoxy groups -OCH3 is 1. The number of aromatic nitrogens is 2. The molecule has 13 heteroatoms. The number of ether oxygens (including phenoxy) is 3. The average molecular weight is 749 g/mol. The first kappa shape index (κ1) is 35.3. The summed E-state index contributed by atoms with van der Waals surface area (Å²) in [5.41, 5.74) is 2.57. The maximum absolute atomic E-state index is 13.8. The van der Waals surface area contributed by atoms with E-state index in [1.807, 2.05) is 43.3 Å². The van der Waals surface area contributed by atoms with E-state index >= 15 is 0 Å². The van der Waals surface area contributed by atoms with Gasteiger partial charge in [0, 0.05) is 21.4 Å². The Balaban J connectivity index is 1.37. The van der Waals surface area contributed by atoms with Crippen LogP contribution in [-0.2, 0) is 21.9 Å². The lowest BCUT2D eigenvalue weighted by Crippen LogP contribution is -2.29. The van der Waals surface area contributed by atoms with Crippen molar-refractivity contribution in [3.8, 4) is 17.2 Å². The molecule has 0 bridgehead atoms. The van der Waals surface area contributed by atoms with Crippen molar-refractivity contribution in [2.24, 2.45) is 0 Å². The van der Waals surface area contributed by atoms with Crippen molar-refractivity contribution in [2.75, 3.05) is 18.6 Å². The molecule has 1 aliphatic heterocycles. The van der Waals surface area contributed by atoms with E-state index in [0.29, 0.717) is 61.7 Å². The zero-order chi connectivity index (χ0) is 35.2. The first-order chi connectivity index (χ1) is 24.3. The SMILES string of the molecule is CCCOc1ccc(/C(O)=C2/C(=O)C(=O)N(c3nnc(SCc4ccc(Cl)cc4Cl)s3)C2c2ccc(OCc3ccccc3)c(OC)c2)cc1. The fourth-order valence-electron chi connectivity index (χ4n) is 5.27. The van der Waals surface area contributed by atoms with Crippen LogP contribution in [0.3, 0.4) is 0 Å². The molecule has 4 aromatic carbocycles. The number of halogens is 2. The fourth-order valence-corrected chi connectivity index (χ4v) is 7.70. The lowest BCUT2D eigenvalue weighted by molar-refractivity contribution is -0.132. The third kappa shape index (κ3) is 7.76. The van der Waals surface area contributed by atoms with E-state index < -0.39 is 17.7 Å². The molecule has 1 aromatic heterocycles. The number of amides is 1. The van der Waals surface area contributed by atoms with Gasteiger partial charge >= 0.3 is 5.91 Å². The van der Waals surface area contributed by atoms with E-state index in [9.17, 15) is 14.7 Å². The Labute approximate surface area is 307 Å². The van der Waals surface area contributed by atoms with Gasteiger partial charge in [-0.15, -0.1) is 10.2 Å². The summed E-state index contributed by atoms with van der Waals surface area (Å²) < 4.78 is 18.0. The van der Waals surface area contributed by atoms with Gasteiger partial charge in [0.05, 0.1) is 25.3 Å². The quantitative estimate of drug-likeness (QED) is 0.0414. The molecule has 1 saturated heterocycles. The lowest BCUT2D eigenvalue weighted by Gasteiger charge is -2.23. The summed E-state index contributed by atoms with van der Waals surface area (Å²) in [6, 6.07) is 25.8. The normalized spacial score (nSPS) is 15.4. The average Bonchev–Trinajstić information content (AvgIpc) is 3.71. The number of nitrogens with zero attached hydrogens (tertiary/aromatic N) is 3. The van der Waals surface area contributed by atoms with Gasteiger partial charge in [-0.3, -0.25) is 14.5 Å². The Morgan fingerprint density at radius 3 is 2.44 bits per heavy atom. The highest BCUT2D eigenvalue weighted by molar-refractivity contribution is 8.00. The summed E-state index contributed by atoms with van der Waals surface area (Å²) in [5.74, 6) is -0.0968. The van der Waals surface area contributed by atoms with Crippen LogP contribution in [0.15, 0.2) is 101 Å². The van der Waals surface area contributed by atoms with Gasteiger partial charge in [0.2, 0.25) is 5.13 Å². The summed E-state index contributed by atoms with van der Waals surface area (Å²) in [6.45, 7) is 2.85. The van der Waals surface area contributed by atoms with E-state index in [4.69, 9.17) is 37.4 Å². The van der Waals surface area contributed by atoms with Crippen LogP contribution in [0.25, 0.3) is 5.76 Å². The molecule has 256 valence electrons. The third-order valence-corrected chi connectivity index (χ3v) is 10.4. The third-order valence-electron chi connectivity index (χ3n) is 7.75. The van der Waals surface area contributed by atoms with Gasteiger partial charge < -0.3 is 19.3 Å². The molecule has 0 saturated carbocycles. The minimum atomic E-state index is -1.06. The molecule has 1 amide bonds. The Bertz CT molecular complexity index is 2040. The van der Waals surface area contributed by atoms with Crippen LogP contribution >= 0.6 is 46.3 Å². The van der Waals surface area contributed by atoms with Crippen molar-refractivity contribution in [1.82, 2.24) is 10.2 Å². The Kier molecular flexibility index (Phi) is 11.3. The molecule has 0 radical (unpaired) electrons. The van der Waals surface area contributed by atoms with Gasteiger partial charge in [0.25, 0.3) is 5.78 Å². The topological polar surface area (TPSA) is 111 Å². The van der Waals surface area contributed by atoms with Gasteiger partial charge in [-0.25, -0.2) is 0 Å². The van der Waals surface area contributed by atoms with Crippen LogP contribution in [0, 0.1) is 0 Å². The monoisotopic (exact) mass is 747 g/mol. The minimum absolute atomic E-state index is 0.102. The summed E-state index contributed by atoms with van der Waals surface area (Å²) in [6.07, 6.45) is 0.839. The number of hydrogen-bond acceptors (Lipinski definition) is 10. The van der Waals surface area contributed by atoms with Gasteiger partial charge in [-0.1, -0.05) is 95.7 Å². The number of thioether (sulfide) groups is 1. The van der Waals surface area contributed by atoms with E-state index in [-0.39, 0.29) is 16.5 Å². The van der Waals surface area contributed by atoms with Crippen molar-refractivity contribution in [3.05, 3.63) is 129 Å². The van der Waals surface area contributed by atoms with Crippen LogP contribution in [0.4, 0.5) is 5.13 Å². The molecular weight excluding hydrogens is 717 g/mol. The minimum Gasteiger partial charge on any atom is -0.507 e. The zero-order valence-electron chi connectivity index (χ0n) is 27.0. The maximum Gasteiger partial charge on any atom is 0.301 e. The molecule has 2 heterocycles. The van der Waals surface area contributed by atoms with Crippen LogP contribution in [0.1, 0.15) is 41.6 Å². The van der Waals surface area contributed by atoms with Crippen LogP contribution in [0.2, 0.25) is 10.0 Å². The fraction of sp³-hybridized carbons (Fsp3) is 0.189. The molecule has 6 rings (SSSR count). The number of aliphatic hydroxyl groups excluding tert-OH is 1. The van der Waals surface area contributed by atoms with Crippen molar-refractivity contribution in [1.29, 1.82) is 0 Å². The molecule has 1 atom stereocenters. The van der Waals surface area contributed by atoms with Crippen LogP contribution < -0.4 is 19.1 Å². The van der Waals surface area contributed by atoms with E-state index in [2.05, 4.69) is 10.2 Å². The first-order valence-corrected chi connectivity index (χ1v) is 18.1. The highest BCUT2D eigenvalue weighted by Crippen LogP contribution is 2.46. The number of benzene rings is 4. The predicted molar refractivity (Wildman–Crippen MR) is 197 cm³/mol. The largest absolute Gasteiger partial charge is 0.507 e. The molecule has 1 unspecified atom stereocenters. The number of Topliss-reactive ketones (excluding diaryl/α,β-unsaturated/α-hetero) is 1. The second-order valence-corrected chi connectivity index (χ2v) is 14.1. The van der Waals surface area contributed by atoms with Gasteiger partial charge in [0.15, 0.2) is 15.8 Å². The van der Waals surface area contributed by atoms with E-state index in [1.54, 1.807) is 54.6 Å². The molecule has 1 N–H and O–H groups in total. The molecule has 1 fully saturated rings. The second-order valence-electron chi connectivity index (χ2n) is 11.1. The molecule has 9 nitrogen and oxygen atoms in total. The molecule has 0 spiro atoms. The summed E-state index contributed by atoms with van der Waals surface area (Å²) in [7, 11) is 1.51. The van der Waals surface area contributed by atoms with Crippen LogP contribution in [-0.4, -0.2) is 40.7 Å². The lowest BCUT2D eigenvalue weighted by atomic mass is 9.95. The highest BCUT2D eigenvalue weighted by Gasteiger charge is 2.48. The number of aliphatic hydroxyl groups is 1. The predicted octanol–water partition coefficient (Wildman–Crippen LogP) is 9.14. The highest BCUT2D eigenvalue weighted by atomic mass is 35.5. The van der Waals surface area contributed by atoms with E-state index in [1.165, 1.54) is 23.8 Å². The molecule has 5 aromatic rings. The first-order valence-electron chi connectivity index (χ1n) is 15.6. The van der Waals surface area contributed by atoms with Gasteiger partial charge in [0.1, 0.15) is 18.1 Å². The van der Waals surface area contributed by atoms with Crippen LogP contribution in [0.5, 0.6) is 17.2 Å². The second kappa shape index (κ2) is 16.0. The maximum atomic E-state index is 13.8. The molecule has 0 aliphatic carbocycles. The van der Waals surface area contributed by atoms with E-state index in [0.717, 1.165) is 28.9 Å². The molecule has 1 aliphatic rings.